The first-order chi connectivity index (χ1) is 18.2. The van der Waals surface area contributed by atoms with Gasteiger partial charge >= 0.3 is 6.09 Å². The van der Waals surface area contributed by atoms with E-state index in [1.165, 1.54) is 4.90 Å². The summed E-state index contributed by atoms with van der Waals surface area (Å²) in [5, 5.41) is 8.11. The topological polar surface area (TPSA) is 134 Å². The fourth-order valence-electron chi connectivity index (χ4n) is 5.46. The third kappa shape index (κ3) is 8.07. The summed E-state index contributed by atoms with van der Waals surface area (Å²) in [5.41, 5.74) is -0.550. The normalized spacial score (nSPS) is 22.8. The quantitative estimate of drug-likeness (QED) is 0.276. The van der Waals surface area contributed by atoms with Crippen LogP contribution in [0.2, 0.25) is 0 Å². The van der Waals surface area contributed by atoms with Crippen LogP contribution >= 0.6 is 0 Å². The molecular formula is C30H50N4O6. The van der Waals surface area contributed by atoms with E-state index in [0.717, 1.165) is 5.57 Å². The molecule has 0 spiro atoms. The number of ketones is 1. The molecule has 1 aliphatic carbocycles. The van der Waals surface area contributed by atoms with Crippen LogP contribution < -0.4 is 16.0 Å². The number of ether oxygens (including phenoxy) is 1. The van der Waals surface area contributed by atoms with Crippen molar-refractivity contribution in [3.05, 3.63) is 11.6 Å². The molecule has 1 saturated heterocycles. The Bertz CT molecular complexity index is 1030. The van der Waals surface area contributed by atoms with Crippen LogP contribution in [0.15, 0.2) is 11.6 Å². The maximum Gasteiger partial charge on any atom is 0.408 e. The average Bonchev–Trinajstić information content (AvgIpc) is 3.13. The standard InChI is InChI=1S/C30H50N4O6/c1-12-13-19(22(35)25(37)31-15-14-17(2)3)32-24(36)21-20-18(30(20,10)11)16-34(21)26(38)23(28(4,5)6)33-27(39)40-29(7,8)9/h14,18-21,23H,12-13,15-16H2,1-11H3,(H,31,37)(H,32,36)(H,33,39)/t18?,19-,20+,21+,23-/m1/s1. The number of carbonyl (C=O) groups is 5. The molecule has 1 heterocycles. The van der Waals surface area contributed by atoms with Crippen LogP contribution in [0.4, 0.5) is 4.79 Å². The number of Topliss-reactive ketones (excluding diaryl/α,β-unsaturated/α-hetero) is 1. The van der Waals surface area contributed by atoms with Gasteiger partial charge < -0.3 is 25.6 Å². The molecule has 4 amide bonds. The fourth-order valence-corrected chi connectivity index (χ4v) is 5.46. The van der Waals surface area contributed by atoms with E-state index in [2.05, 4.69) is 29.8 Å². The maximum absolute atomic E-state index is 14.0. The second-order valence-electron chi connectivity index (χ2n) is 14.0. The first-order valence-corrected chi connectivity index (χ1v) is 14.3. The number of piperidine rings is 1. The van der Waals surface area contributed by atoms with E-state index in [0.29, 0.717) is 19.4 Å². The van der Waals surface area contributed by atoms with Gasteiger partial charge in [-0.15, -0.1) is 0 Å². The predicted molar refractivity (Wildman–Crippen MR) is 153 cm³/mol. The maximum atomic E-state index is 14.0. The van der Waals surface area contributed by atoms with Crippen molar-refractivity contribution in [1.82, 2.24) is 20.9 Å². The number of alkyl carbamates (subject to hydrolysis) is 1. The van der Waals surface area contributed by atoms with Gasteiger partial charge in [-0.05, 0) is 63.7 Å². The second kappa shape index (κ2) is 12.3. The van der Waals surface area contributed by atoms with Gasteiger partial charge in [0, 0.05) is 13.1 Å². The molecule has 3 N–H and O–H groups in total. The summed E-state index contributed by atoms with van der Waals surface area (Å²) in [4.78, 5) is 67.4. The summed E-state index contributed by atoms with van der Waals surface area (Å²) in [7, 11) is 0. The van der Waals surface area contributed by atoms with E-state index in [-0.39, 0.29) is 29.7 Å². The van der Waals surface area contributed by atoms with Gasteiger partial charge in [0.2, 0.25) is 17.6 Å². The number of hydrogen-bond donors (Lipinski definition) is 3. The first kappa shape index (κ1) is 33.3. The lowest BCUT2D eigenvalue weighted by molar-refractivity contribution is -0.145. The summed E-state index contributed by atoms with van der Waals surface area (Å²) in [6.07, 6.45) is 1.96. The Balaban J connectivity index is 2.28. The van der Waals surface area contributed by atoms with Crippen LogP contribution in [-0.2, 0) is 23.9 Å². The predicted octanol–water partition coefficient (Wildman–Crippen LogP) is 3.35. The number of fused-ring (bicyclic) bond motifs is 1. The number of likely N-dealkylation sites (tertiary alicyclic amines) is 1. The Hall–Kier alpha value is -2.91. The second-order valence-corrected chi connectivity index (χ2v) is 14.0. The van der Waals surface area contributed by atoms with Gasteiger partial charge in [-0.3, -0.25) is 19.2 Å². The van der Waals surface area contributed by atoms with Crippen LogP contribution in [0, 0.1) is 22.7 Å². The van der Waals surface area contributed by atoms with Crippen molar-refractivity contribution in [2.75, 3.05) is 13.1 Å². The summed E-state index contributed by atoms with van der Waals surface area (Å²) in [6, 6.07) is -2.76. The zero-order valence-corrected chi connectivity index (χ0v) is 26.2. The van der Waals surface area contributed by atoms with Crippen molar-refractivity contribution in [3.63, 3.8) is 0 Å². The minimum Gasteiger partial charge on any atom is -0.444 e. The molecule has 5 atom stereocenters. The fraction of sp³-hybridized carbons (Fsp3) is 0.767. The summed E-state index contributed by atoms with van der Waals surface area (Å²) >= 11 is 0. The molecule has 2 aliphatic rings. The number of amides is 4. The lowest BCUT2D eigenvalue weighted by Crippen LogP contribution is -2.60. The minimum absolute atomic E-state index is 0.0949. The zero-order chi connectivity index (χ0) is 30.8. The number of rotatable bonds is 10. The van der Waals surface area contributed by atoms with Crippen LogP contribution in [-0.4, -0.2) is 71.3 Å². The summed E-state index contributed by atoms with van der Waals surface area (Å²) in [5.74, 6) is -2.28. The van der Waals surface area contributed by atoms with E-state index < -0.39 is 52.8 Å². The number of carbonyl (C=O) groups excluding carboxylic acids is 5. The molecule has 0 radical (unpaired) electrons. The molecule has 1 aliphatic heterocycles. The molecule has 1 unspecified atom stereocenters. The highest BCUT2D eigenvalue weighted by Gasteiger charge is 2.70. The van der Waals surface area contributed by atoms with Gasteiger partial charge in [0.15, 0.2) is 0 Å². The lowest BCUT2D eigenvalue weighted by atomic mass is 9.85. The summed E-state index contributed by atoms with van der Waals surface area (Å²) in [6.45, 7) is 21.1. The Kier molecular flexibility index (Phi) is 10.2. The molecule has 0 bridgehead atoms. The molecule has 10 heteroatoms. The molecule has 10 nitrogen and oxygen atoms in total. The molecule has 0 aromatic heterocycles. The molecule has 2 rings (SSSR count). The van der Waals surface area contributed by atoms with Crippen molar-refractivity contribution in [2.24, 2.45) is 22.7 Å². The van der Waals surface area contributed by atoms with Gasteiger partial charge in [0.25, 0.3) is 5.91 Å². The molecule has 40 heavy (non-hydrogen) atoms. The number of hydrogen-bond acceptors (Lipinski definition) is 6. The third-order valence-corrected chi connectivity index (χ3v) is 7.74. The highest BCUT2D eigenvalue weighted by Crippen LogP contribution is 2.65. The van der Waals surface area contributed by atoms with Gasteiger partial charge in [-0.1, -0.05) is 59.6 Å². The number of nitrogens with one attached hydrogen (secondary N) is 3. The number of nitrogens with zero attached hydrogens (tertiary/aromatic N) is 1. The largest absolute Gasteiger partial charge is 0.444 e. The number of allylic oxidation sites excluding steroid dienone is 1. The third-order valence-electron chi connectivity index (χ3n) is 7.74. The van der Waals surface area contributed by atoms with Crippen molar-refractivity contribution in [3.8, 4) is 0 Å². The first-order valence-electron chi connectivity index (χ1n) is 14.3. The Morgan fingerprint density at radius 3 is 2.12 bits per heavy atom. The molecule has 0 aromatic rings. The van der Waals surface area contributed by atoms with Gasteiger partial charge in [0.05, 0.1) is 6.04 Å². The SMILES string of the molecule is CCC[C@@H](NC(=O)[C@@H]1[C@@H]2C(CN1C(=O)[C@@H](NC(=O)OC(C)(C)C)C(C)(C)C)C2(C)C)C(=O)C(=O)NCC=C(C)C. The van der Waals surface area contributed by atoms with Crippen LogP contribution in [0.5, 0.6) is 0 Å². The van der Waals surface area contributed by atoms with Gasteiger partial charge in [-0.25, -0.2) is 4.79 Å². The van der Waals surface area contributed by atoms with E-state index in [1.807, 2.05) is 41.5 Å². The van der Waals surface area contributed by atoms with Crippen LogP contribution in [0.3, 0.4) is 0 Å². The zero-order valence-electron chi connectivity index (χ0n) is 26.2. The lowest BCUT2D eigenvalue weighted by Gasteiger charge is -2.38. The average molecular weight is 563 g/mol. The van der Waals surface area contributed by atoms with Crippen molar-refractivity contribution in [1.29, 1.82) is 0 Å². The van der Waals surface area contributed by atoms with E-state index in [4.69, 9.17) is 4.74 Å². The Morgan fingerprint density at radius 2 is 1.62 bits per heavy atom. The highest BCUT2D eigenvalue weighted by molar-refractivity contribution is 6.38. The molecule has 226 valence electrons. The highest BCUT2D eigenvalue weighted by atomic mass is 16.6. The minimum atomic E-state index is -1.000. The van der Waals surface area contributed by atoms with Crippen molar-refractivity contribution in [2.45, 2.75) is 113 Å². The van der Waals surface area contributed by atoms with Crippen LogP contribution in [0.1, 0.15) is 89.0 Å². The van der Waals surface area contributed by atoms with Gasteiger partial charge in [-0.2, -0.15) is 0 Å². The summed E-state index contributed by atoms with van der Waals surface area (Å²) < 4.78 is 5.40. The van der Waals surface area contributed by atoms with E-state index in [9.17, 15) is 24.0 Å². The smallest absolute Gasteiger partial charge is 0.408 e. The molecular weight excluding hydrogens is 512 g/mol. The molecule has 0 aromatic carbocycles. The monoisotopic (exact) mass is 562 g/mol. The van der Waals surface area contributed by atoms with Crippen molar-refractivity contribution < 1.29 is 28.7 Å². The molecule has 2 fully saturated rings. The van der Waals surface area contributed by atoms with Crippen molar-refractivity contribution >= 4 is 29.6 Å². The van der Waals surface area contributed by atoms with Crippen LogP contribution in [0.25, 0.3) is 0 Å². The van der Waals surface area contributed by atoms with Gasteiger partial charge in [0.1, 0.15) is 17.7 Å². The Labute approximate surface area is 239 Å². The Morgan fingerprint density at radius 1 is 1.02 bits per heavy atom. The van der Waals surface area contributed by atoms with E-state index >= 15 is 0 Å². The molecule has 1 saturated carbocycles. The van der Waals surface area contributed by atoms with E-state index in [1.54, 1.807) is 26.8 Å².